The second-order valence-corrected chi connectivity index (χ2v) is 4.61. The van der Waals surface area contributed by atoms with Crippen molar-refractivity contribution in [1.82, 2.24) is 10.2 Å². The first-order chi connectivity index (χ1) is 7.88. The van der Waals surface area contributed by atoms with Crippen LogP contribution in [-0.2, 0) is 12.7 Å². The minimum absolute atomic E-state index is 0.127. The zero-order valence-corrected chi connectivity index (χ0v) is 9.80. The summed E-state index contributed by atoms with van der Waals surface area (Å²) in [5.41, 5.74) is 1.17. The maximum Gasteiger partial charge on any atom is 0.416 e. The number of fused-ring (bicyclic) bond motifs is 1. The zero-order valence-electron chi connectivity index (χ0n) is 9.80. The van der Waals surface area contributed by atoms with Gasteiger partial charge in [0.25, 0.3) is 0 Å². The highest BCUT2D eigenvalue weighted by atomic mass is 19.4. The van der Waals surface area contributed by atoms with E-state index < -0.39 is 11.7 Å². The van der Waals surface area contributed by atoms with Crippen molar-refractivity contribution in [1.29, 1.82) is 0 Å². The summed E-state index contributed by atoms with van der Waals surface area (Å²) in [6, 6.07) is 4.13. The number of hydrogen-bond acceptors (Lipinski definition) is 2. The van der Waals surface area contributed by atoms with E-state index in [0.29, 0.717) is 6.54 Å². The summed E-state index contributed by atoms with van der Waals surface area (Å²) >= 11 is 0. The highest BCUT2D eigenvalue weighted by Gasteiger charge is 2.32. The highest BCUT2D eigenvalue weighted by molar-refractivity contribution is 5.38. The van der Waals surface area contributed by atoms with Crippen molar-refractivity contribution in [3.8, 4) is 0 Å². The molecule has 1 aromatic rings. The van der Waals surface area contributed by atoms with E-state index in [1.54, 1.807) is 6.07 Å². The lowest BCUT2D eigenvalue weighted by molar-refractivity contribution is -0.137. The Hall–Kier alpha value is -1.07. The van der Waals surface area contributed by atoms with Crippen LogP contribution >= 0.6 is 0 Å². The molecule has 0 aliphatic carbocycles. The van der Waals surface area contributed by atoms with Crippen molar-refractivity contribution in [2.75, 3.05) is 20.6 Å². The monoisotopic (exact) mass is 244 g/mol. The summed E-state index contributed by atoms with van der Waals surface area (Å²) in [7, 11) is 3.90. The molecule has 5 heteroatoms. The number of halogens is 3. The molecule has 94 valence electrons. The molecule has 0 aromatic heterocycles. The minimum atomic E-state index is -4.26. The molecule has 1 aromatic carbocycles. The molecule has 0 fully saturated rings. The molecule has 0 spiro atoms. The fourth-order valence-electron chi connectivity index (χ4n) is 2.15. The molecule has 0 radical (unpaired) electrons. The van der Waals surface area contributed by atoms with Crippen LogP contribution in [0.1, 0.15) is 22.7 Å². The van der Waals surface area contributed by atoms with Crippen molar-refractivity contribution in [2.45, 2.75) is 18.8 Å². The van der Waals surface area contributed by atoms with Gasteiger partial charge in [0.15, 0.2) is 0 Å². The number of nitrogens with one attached hydrogen (secondary N) is 1. The van der Waals surface area contributed by atoms with Gasteiger partial charge in [-0.15, -0.1) is 0 Å². The Morgan fingerprint density at radius 2 is 2.06 bits per heavy atom. The predicted octanol–water partition coefficient (Wildman–Crippen LogP) is 2.41. The molecule has 0 amide bonds. The van der Waals surface area contributed by atoms with Gasteiger partial charge < -0.3 is 10.2 Å². The van der Waals surface area contributed by atoms with E-state index in [1.807, 2.05) is 19.0 Å². The first-order valence-corrected chi connectivity index (χ1v) is 5.46. The first-order valence-electron chi connectivity index (χ1n) is 5.46. The smallest absolute Gasteiger partial charge is 0.308 e. The Bertz CT molecular complexity index is 413. The molecular weight excluding hydrogens is 229 g/mol. The fraction of sp³-hybridized carbons (Fsp3) is 0.500. The van der Waals surface area contributed by atoms with Gasteiger partial charge in [-0.05, 0) is 37.4 Å². The van der Waals surface area contributed by atoms with Gasteiger partial charge in [0.1, 0.15) is 0 Å². The molecule has 17 heavy (non-hydrogen) atoms. The van der Waals surface area contributed by atoms with Crippen LogP contribution in [0, 0.1) is 0 Å². The summed E-state index contributed by atoms with van der Waals surface area (Å²) in [6.07, 6.45) is -4.26. The molecule has 0 saturated carbocycles. The van der Waals surface area contributed by atoms with E-state index in [1.165, 1.54) is 6.07 Å². The van der Waals surface area contributed by atoms with Gasteiger partial charge >= 0.3 is 6.18 Å². The van der Waals surface area contributed by atoms with Crippen LogP contribution in [0.5, 0.6) is 0 Å². The van der Waals surface area contributed by atoms with E-state index in [2.05, 4.69) is 5.32 Å². The molecule has 1 aliphatic rings. The minimum Gasteiger partial charge on any atom is -0.308 e. The summed E-state index contributed by atoms with van der Waals surface area (Å²) in [5, 5.41) is 3.22. The third-order valence-electron chi connectivity index (χ3n) is 2.93. The number of alkyl halides is 3. The Morgan fingerprint density at radius 1 is 1.35 bits per heavy atom. The SMILES string of the molecule is CN(C)C[C@@H]1NCc2cc(C(F)(F)F)ccc21. The number of rotatable bonds is 2. The number of nitrogens with zero attached hydrogens (tertiary/aromatic N) is 1. The maximum atomic E-state index is 12.5. The lowest BCUT2D eigenvalue weighted by Gasteiger charge is -2.17. The molecular formula is C12H15F3N2. The molecule has 1 N–H and O–H groups in total. The molecule has 1 atom stereocenters. The maximum absolute atomic E-state index is 12.5. The van der Waals surface area contributed by atoms with Gasteiger partial charge in [-0.1, -0.05) is 6.07 Å². The average molecular weight is 244 g/mol. The van der Waals surface area contributed by atoms with Crippen molar-refractivity contribution >= 4 is 0 Å². The lowest BCUT2D eigenvalue weighted by atomic mass is 10.0. The molecule has 0 saturated heterocycles. The number of likely N-dealkylation sites (N-methyl/N-ethyl adjacent to an activating group) is 1. The van der Waals surface area contributed by atoms with Crippen LogP contribution in [0.4, 0.5) is 13.2 Å². The summed E-state index contributed by atoms with van der Waals surface area (Å²) < 4.78 is 37.6. The number of hydrogen-bond donors (Lipinski definition) is 1. The van der Waals surface area contributed by atoms with Gasteiger partial charge in [0.2, 0.25) is 0 Å². The van der Waals surface area contributed by atoms with Crippen molar-refractivity contribution in [2.24, 2.45) is 0 Å². The van der Waals surface area contributed by atoms with Gasteiger partial charge in [-0.2, -0.15) is 13.2 Å². The topological polar surface area (TPSA) is 15.3 Å². The molecule has 2 rings (SSSR count). The third kappa shape index (κ3) is 2.61. The number of benzene rings is 1. The zero-order chi connectivity index (χ0) is 12.6. The van der Waals surface area contributed by atoms with Crippen LogP contribution < -0.4 is 5.32 Å². The first kappa shape index (κ1) is 12.4. The van der Waals surface area contributed by atoms with E-state index in [4.69, 9.17) is 0 Å². The van der Waals surface area contributed by atoms with Gasteiger partial charge in [-0.25, -0.2) is 0 Å². The average Bonchev–Trinajstić information content (AvgIpc) is 2.59. The van der Waals surface area contributed by atoms with Crippen LogP contribution in [0.2, 0.25) is 0 Å². The Morgan fingerprint density at radius 3 is 2.65 bits per heavy atom. The normalized spacial score (nSPS) is 19.8. The Labute approximate surface area is 98.4 Å². The van der Waals surface area contributed by atoms with Crippen LogP contribution in [0.15, 0.2) is 18.2 Å². The van der Waals surface area contributed by atoms with E-state index in [-0.39, 0.29) is 6.04 Å². The van der Waals surface area contributed by atoms with E-state index >= 15 is 0 Å². The quantitative estimate of drug-likeness (QED) is 0.859. The van der Waals surface area contributed by atoms with Gasteiger partial charge in [0.05, 0.1) is 5.56 Å². The van der Waals surface area contributed by atoms with E-state index in [9.17, 15) is 13.2 Å². The summed E-state index contributed by atoms with van der Waals surface area (Å²) in [6.45, 7) is 1.30. The standard InChI is InChI=1S/C12H15F3N2/c1-17(2)7-11-10-4-3-9(12(13,14)15)5-8(10)6-16-11/h3-5,11,16H,6-7H2,1-2H3/t11-/m0/s1. The van der Waals surface area contributed by atoms with Crippen LogP contribution in [-0.4, -0.2) is 25.5 Å². The van der Waals surface area contributed by atoms with Gasteiger partial charge in [0, 0.05) is 19.1 Å². The summed E-state index contributed by atoms with van der Waals surface area (Å²) in [5.74, 6) is 0. The Kier molecular flexibility index (Phi) is 3.14. The largest absolute Gasteiger partial charge is 0.416 e. The molecule has 1 heterocycles. The molecule has 2 nitrogen and oxygen atoms in total. The summed E-state index contributed by atoms with van der Waals surface area (Å²) in [4.78, 5) is 2.02. The second-order valence-electron chi connectivity index (χ2n) is 4.61. The third-order valence-corrected chi connectivity index (χ3v) is 2.93. The second kappa shape index (κ2) is 4.31. The van der Waals surface area contributed by atoms with E-state index in [0.717, 1.165) is 23.7 Å². The van der Waals surface area contributed by atoms with Crippen molar-refractivity contribution in [3.05, 3.63) is 34.9 Å². The highest BCUT2D eigenvalue weighted by Crippen LogP contribution is 2.34. The van der Waals surface area contributed by atoms with Crippen molar-refractivity contribution < 1.29 is 13.2 Å². The fourth-order valence-corrected chi connectivity index (χ4v) is 2.15. The molecule has 0 unspecified atom stereocenters. The molecule has 0 bridgehead atoms. The Balaban J connectivity index is 2.26. The van der Waals surface area contributed by atoms with Gasteiger partial charge in [-0.3, -0.25) is 0 Å². The molecule has 1 aliphatic heterocycles. The van der Waals surface area contributed by atoms with Crippen LogP contribution in [0.3, 0.4) is 0 Å². The predicted molar refractivity (Wildman–Crippen MR) is 59.6 cm³/mol. The lowest BCUT2D eigenvalue weighted by Crippen LogP contribution is -2.26. The van der Waals surface area contributed by atoms with Crippen LogP contribution in [0.25, 0.3) is 0 Å². The van der Waals surface area contributed by atoms with Crippen molar-refractivity contribution in [3.63, 3.8) is 0 Å².